The first kappa shape index (κ1) is 21.4. The summed E-state index contributed by atoms with van der Waals surface area (Å²) in [5, 5.41) is 10.2. The molecule has 1 aromatic heterocycles. The van der Waals surface area contributed by atoms with Gasteiger partial charge in [0.05, 0.1) is 18.7 Å². The van der Waals surface area contributed by atoms with Crippen LogP contribution in [0.15, 0.2) is 18.2 Å². The molecule has 0 aliphatic carbocycles. The van der Waals surface area contributed by atoms with E-state index in [1.807, 2.05) is 30.9 Å². The third-order valence-corrected chi connectivity index (χ3v) is 6.51. The molecule has 7 nitrogen and oxygen atoms in total. The average molecular weight is 425 g/mol. The van der Waals surface area contributed by atoms with Gasteiger partial charge in [-0.3, -0.25) is 14.7 Å². The van der Waals surface area contributed by atoms with Crippen LogP contribution >= 0.6 is 0 Å². The Morgan fingerprint density at radius 3 is 2.81 bits per heavy atom. The molecule has 1 fully saturated rings. The first-order chi connectivity index (χ1) is 15.0. The van der Waals surface area contributed by atoms with E-state index in [9.17, 15) is 9.59 Å². The largest absolute Gasteiger partial charge is 0.493 e. The molecular formula is C24H32N4O3. The van der Waals surface area contributed by atoms with Crippen molar-refractivity contribution in [2.75, 3.05) is 19.7 Å². The molecule has 4 rings (SSSR count). The van der Waals surface area contributed by atoms with Gasteiger partial charge in [0, 0.05) is 37.3 Å². The fourth-order valence-corrected chi connectivity index (χ4v) is 4.54. The van der Waals surface area contributed by atoms with Crippen molar-refractivity contribution < 1.29 is 14.3 Å². The first-order valence-corrected chi connectivity index (χ1v) is 11.3. The van der Waals surface area contributed by atoms with Gasteiger partial charge in [-0.2, -0.15) is 5.10 Å². The van der Waals surface area contributed by atoms with Crippen molar-refractivity contribution >= 4 is 11.8 Å². The maximum Gasteiger partial charge on any atom is 0.227 e. The van der Waals surface area contributed by atoms with Gasteiger partial charge in [0.1, 0.15) is 5.75 Å². The highest BCUT2D eigenvalue weighted by Crippen LogP contribution is 2.26. The van der Waals surface area contributed by atoms with Crippen molar-refractivity contribution in [3.05, 3.63) is 46.3 Å². The van der Waals surface area contributed by atoms with Gasteiger partial charge in [-0.15, -0.1) is 0 Å². The van der Waals surface area contributed by atoms with Crippen LogP contribution in [-0.2, 0) is 29.0 Å². The third kappa shape index (κ3) is 5.27. The number of aromatic amines is 1. The number of hydrogen-bond donors (Lipinski definition) is 2. The lowest BCUT2D eigenvalue weighted by molar-refractivity contribution is -0.132. The molecule has 2 aliphatic heterocycles. The molecule has 0 bridgehead atoms. The highest BCUT2D eigenvalue weighted by atomic mass is 16.5. The summed E-state index contributed by atoms with van der Waals surface area (Å²) < 4.78 is 5.65. The molecule has 2 N–H and O–H groups in total. The summed E-state index contributed by atoms with van der Waals surface area (Å²) in [5.74, 6) is 1.54. The Labute approximate surface area is 183 Å². The summed E-state index contributed by atoms with van der Waals surface area (Å²) in [5.41, 5.74) is 5.20. The van der Waals surface area contributed by atoms with E-state index in [2.05, 4.69) is 21.6 Å². The summed E-state index contributed by atoms with van der Waals surface area (Å²) in [6.07, 6.45) is 4.75. The molecule has 0 radical (unpaired) electrons. The number of likely N-dealkylation sites (tertiary alicyclic amines) is 1. The lowest BCUT2D eigenvalue weighted by Gasteiger charge is -2.32. The van der Waals surface area contributed by atoms with E-state index in [0.29, 0.717) is 25.3 Å². The van der Waals surface area contributed by atoms with Crippen molar-refractivity contribution in [1.82, 2.24) is 20.4 Å². The number of carbonyl (C=O) groups excluding carboxylic acids is 2. The second-order valence-electron chi connectivity index (χ2n) is 8.79. The van der Waals surface area contributed by atoms with E-state index in [-0.39, 0.29) is 11.8 Å². The smallest absolute Gasteiger partial charge is 0.227 e. The minimum Gasteiger partial charge on any atom is -0.493 e. The predicted molar refractivity (Wildman–Crippen MR) is 118 cm³/mol. The van der Waals surface area contributed by atoms with Gasteiger partial charge in [0.15, 0.2) is 0 Å². The number of aromatic nitrogens is 2. The molecule has 1 aromatic carbocycles. The molecule has 0 saturated carbocycles. The van der Waals surface area contributed by atoms with Crippen molar-refractivity contribution in [3.63, 3.8) is 0 Å². The monoisotopic (exact) mass is 424 g/mol. The summed E-state index contributed by atoms with van der Waals surface area (Å²) in [6, 6.07) is 6.18. The van der Waals surface area contributed by atoms with Crippen LogP contribution in [0, 0.1) is 19.8 Å². The van der Waals surface area contributed by atoms with Crippen LogP contribution in [0.3, 0.4) is 0 Å². The van der Waals surface area contributed by atoms with Crippen LogP contribution in [-0.4, -0.2) is 46.6 Å². The average Bonchev–Trinajstić information content (AvgIpc) is 3.10. The van der Waals surface area contributed by atoms with Crippen LogP contribution in [0.4, 0.5) is 0 Å². The summed E-state index contributed by atoms with van der Waals surface area (Å²) in [6.45, 7) is 6.65. The number of H-pyrrole nitrogens is 1. The molecule has 0 atom stereocenters. The van der Waals surface area contributed by atoms with Crippen molar-refractivity contribution in [2.24, 2.45) is 5.92 Å². The molecule has 2 amide bonds. The summed E-state index contributed by atoms with van der Waals surface area (Å²) in [4.78, 5) is 27.0. The molecule has 1 saturated heterocycles. The number of nitrogens with one attached hydrogen (secondary N) is 2. The molecule has 3 heterocycles. The topological polar surface area (TPSA) is 87.3 Å². The maximum absolute atomic E-state index is 12.7. The Kier molecular flexibility index (Phi) is 6.59. The van der Waals surface area contributed by atoms with Crippen molar-refractivity contribution in [2.45, 2.75) is 58.9 Å². The summed E-state index contributed by atoms with van der Waals surface area (Å²) >= 11 is 0. The standard InChI is InChI=1S/C24H32N4O3/c1-16-21(17(2)27-26-16)14-24(30)28-9-7-18(8-10-28)13-23(29)25-15-19-5-6-22-20(12-19)4-3-11-31-22/h5-6,12,18H,3-4,7-11,13-15H2,1-2H3,(H,25,29)(H,26,27). The normalized spacial score (nSPS) is 16.5. The maximum atomic E-state index is 12.7. The molecule has 31 heavy (non-hydrogen) atoms. The van der Waals surface area contributed by atoms with Gasteiger partial charge in [-0.25, -0.2) is 0 Å². The summed E-state index contributed by atoms with van der Waals surface area (Å²) in [7, 11) is 0. The van der Waals surface area contributed by atoms with Gasteiger partial charge in [-0.1, -0.05) is 12.1 Å². The quantitative estimate of drug-likeness (QED) is 0.747. The van der Waals surface area contributed by atoms with E-state index < -0.39 is 0 Å². The number of rotatable bonds is 6. The van der Waals surface area contributed by atoms with Crippen molar-refractivity contribution in [3.8, 4) is 5.75 Å². The number of fused-ring (bicyclic) bond motifs is 1. The lowest BCUT2D eigenvalue weighted by atomic mass is 9.92. The SMILES string of the molecule is Cc1n[nH]c(C)c1CC(=O)N1CCC(CC(=O)NCc2ccc3c(c2)CCCO3)CC1. The fourth-order valence-electron chi connectivity index (χ4n) is 4.54. The molecule has 0 spiro atoms. The third-order valence-electron chi connectivity index (χ3n) is 6.51. The fraction of sp³-hybridized carbons (Fsp3) is 0.542. The molecular weight excluding hydrogens is 392 g/mol. The predicted octanol–water partition coefficient (Wildman–Crippen LogP) is 2.84. The number of ether oxygens (including phenoxy) is 1. The second kappa shape index (κ2) is 9.54. The van der Waals surface area contributed by atoms with Gasteiger partial charge < -0.3 is 15.0 Å². The first-order valence-electron chi connectivity index (χ1n) is 11.3. The number of amides is 2. The zero-order valence-corrected chi connectivity index (χ0v) is 18.5. The lowest BCUT2D eigenvalue weighted by Crippen LogP contribution is -2.40. The van der Waals surface area contributed by atoms with Crippen LogP contribution in [0.25, 0.3) is 0 Å². The molecule has 2 aromatic rings. The van der Waals surface area contributed by atoms with Crippen LogP contribution in [0.2, 0.25) is 0 Å². The molecule has 166 valence electrons. The molecule has 7 heteroatoms. The number of piperidine rings is 1. The van der Waals surface area contributed by atoms with Crippen LogP contribution < -0.4 is 10.1 Å². The number of carbonyl (C=O) groups is 2. The molecule has 2 aliphatic rings. The van der Waals surface area contributed by atoms with E-state index in [1.54, 1.807) is 0 Å². The van der Waals surface area contributed by atoms with Crippen LogP contribution in [0.5, 0.6) is 5.75 Å². The van der Waals surface area contributed by atoms with Gasteiger partial charge in [-0.05, 0) is 62.6 Å². The van der Waals surface area contributed by atoms with Gasteiger partial charge >= 0.3 is 0 Å². The Balaban J connectivity index is 1.20. The minimum absolute atomic E-state index is 0.0865. The number of aryl methyl sites for hydroxylation is 3. The Bertz CT molecular complexity index is 925. The van der Waals surface area contributed by atoms with Gasteiger partial charge in [0.2, 0.25) is 11.8 Å². The highest BCUT2D eigenvalue weighted by molar-refractivity contribution is 5.79. The van der Waals surface area contributed by atoms with E-state index in [0.717, 1.165) is 73.6 Å². The van der Waals surface area contributed by atoms with Crippen molar-refractivity contribution in [1.29, 1.82) is 0 Å². The minimum atomic E-state index is 0.0865. The van der Waals surface area contributed by atoms with E-state index >= 15 is 0 Å². The van der Waals surface area contributed by atoms with E-state index in [4.69, 9.17) is 4.74 Å². The zero-order valence-electron chi connectivity index (χ0n) is 18.5. The number of hydrogen-bond acceptors (Lipinski definition) is 4. The Hall–Kier alpha value is -2.83. The second-order valence-corrected chi connectivity index (χ2v) is 8.79. The van der Waals surface area contributed by atoms with Gasteiger partial charge in [0.25, 0.3) is 0 Å². The van der Waals surface area contributed by atoms with Crippen LogP contribution in [0.1, 0.15) is 53.8 Å². The Morgan fingerprint density at radius 1 is 1.26 bits per heavy atom. The zero-order chi connectivity index (χ0) is 21.8. The number of benzene rings is 1. The Morgan fingerprint density at radius 2 is 2.06 bits per heavy atom. The number of nitrogens with zero attached hydrogens (tertiary/aromatic N) is 2. The molecule has 0 unspecified atom stereocenters. The highest BCUT2D eigenvalue weighted by Gasteiger charge is 2.25. The van der Waals surface area contributed by atoms with E-state index in [1.165, 1.54) is 5.56 Å².